The highest BCUT2D eigenvalue weighted by atomic mass is 16.5. The molecule has 17 heavy (non-hydrogen) atoms. The lowest BCUT2D eigenvalue weighted by atomic mass is 9.79. The number of ether oxygens (including phenoxy) is 1. The number of piperidine rings is 1. The van der Waals surface area contributed by atoms with Crippen molar-refractivity contribution in [2.45, 2.75) is 51.7 Å². The molecule has 0 aromatic carbocycles. The van der Waals surface area contributed by atoms with Crippen molar-refractivity contribution in [1.82, 2.24) is 4.90 Å². The van der Waals surface area contributed by atoms with Gasteiger partial charge in [-0.15, -0.1) is 0 Å². The molecule has 0 bridgehead atoms. The molecule has 2 aliphatic heterocycles. The number of rotatable bonds is 3. The summed E-state index contributed by atoms with van der Waals surface area (Å²) in [6, 6.07) is 0. The van der Waals surface area contributed by atoms with E-state index in [9.17, 15) is 0 Å². The van der Waals surface area contributed by atoms with E-state index in [1.54, 1.807) is 0 Å². The van der Waals surface area contributed by atoms with Gasteiger partial charge in [-0.2, -0.15) is 0 Å². The standard InChI is InChI=1S/C13H25N3O/c1-10-3-4-11(17-10)9-16-7-5-13(2,6-8-16)12(14)15/h10-11H,3-9H2,1-2H3,(H3,14,15). The van der Waals surface area contributed by atoms with Crippen LogP contribution in [0.5, 0.6) is 0 Å². The Kier molecular flexibility index (Phi) is 3.73. The smallest absolute Gasteiger partial charge is 0.0966 e. The van der Waals surface area contributed by atoms with Crippen molar-refractivity contribution in [3.63, 3.8) is 0 Å². The summed E-state index contributed by atoms with van der Waals surface area (Å²) >= 11 is 0. The summed E-state index contributed by atoms with van der Waals surface area (Å²) in [5.74, 6) is 0.350. The lowest BCUT2D eigenvalue weighted by Gasteiger charge is -2.39. The largest absolute Gasteiger partial charge is 0.387 e. The predicted molar refractivity (Wildman–Crippen MR) is 69.3 cm³/mol. The van der Waals surface area contributed by atoms with Gasteiger partial charge < -0.3 is 15.4 Å². The second-order valence-corrected chi connectivity index (χ2v) is 5.92. The zero-order chi connectivity index (χ0) is 12.5. The second-order valence-electron chi connectivity index (χ2n) is 5.92. The van der Waals surface area contributed by atoms with Gasteiger partial charge in [0, 0.05) is 12.0 Å². The summed E-state index contributed by atoms with van der Waals surface area (Å²) in [6.07, 6.45) is 5.26. The average Bonchev–Trinajstić information content (AvgIpc) is 2.67. The number of hydrogen-bond donors (Lipinski definition) is 2. The van der Waals surface area contributed by atoms with Gasteiger partial charge in [0.2, 0.25) is 0 Å². The molecule has 2 aliphatic rings. The van der Waals surface area contributed by atoms with Gasteiger partial charge >= 0.3 is 0 Å². The van der Waals surface area contributed by atoms with Crippen molar-refractivity contribution in [2.75, 3.05) is 19.6 Å². The fourth-order valence-electron chi connectivity index (χ4n) is 2.81. The summed E-state index contributed by atoms with van der Waals surface area (Å²) in [7, 11) is 0. The SMILES string of the molecule is CC1CCC(CN2CCC(C)(C(=N)N)CC2)O1. The normalized spacial score (nSPS) is 33.8. The van der Waals surface area contributed by atoms with E-state index in [0.29, 0.717) is 18.0 Å². The summed E-state index contributed by atoms with van der Waals surface area (Å²) < 4.78 is 5.85. The minimum absolute atomic E-state index is 0.0691. The van der Waals surface area contributed by atoms with E-state index in [1.165, 1.54) is 12.8 Å². The number of hydrogen-bond acceptors (Lipinski definition) is 3. The maximum Gasteiger partial charge on any atom is 0.0966 e. The Morgan fingerprint density at radius 1 is 1.41 bits per heavy atom. The summed E-state index contributed by atoms with van der Waals surface area (Å²) in [6.45, 7) is 7.41. The zero-order valence-electron chi connectivity index (χ0n) is 11.0. The highest BCUT2D eigenvalue weighted by Crippen LogP contribution is 2.31. The number of nitrogens with zero attached hydrogens (tertiary/aromatic N) is 1. The number of nitrogens with two attached hydrogens (primary N) is 1. The van der Waals surface area contributed by atoms with Crippen molar-refractivity contribution in [3.8, 4) is 0 Å². The second kappa shape index (κ2) is 4.94. The predicted octanol–water partition coefficient (Wildman–Crippen LogP) is 1.59. The van der Waals surface area contributed by atoms with Crippen LogP contribution in [0.1, 0.15) is 39.5 Å². The van der Waals surface area contributed by atoms with E-state index in [-0.39, 0.29) is 5.41 Å². The molecule has 3 N–H and O–H groups in total. The number of likely N-dealkylation sites (tertiary alicyclic amines) is 1. The Labute approximate surface area is 104 Å². The minimum Gasteiger partial charge on any atom is -0.387 e. The van der Waals surface area contributed by atoms with Crippen molar-refractivity contribution in [1.29, 1.82) is 5.41 Å². The first kappa shape index (κ1) is 12.8. The fourth-order valence-corrected chi connectivity index (χ4v) is 2.81. The van der Waals surface area contributed by atoms with Crippen molar-refractivity contribution >= 4 is 5.84 Å². The molecule has 2 fully saturated rings. The molecule has 2 saturated heterocycles. The Hall–Kier alpha value is -0.610. The van der Waals surface area contributed by atoms with Gasteiger partial charge in [0.25, 0.3) is 0 Å². The van der Waals surface area contributed by atoms with E-state index in [1.807, 2.05) is 0 Å². The molecule has 0 aliphatic carbocycles. The Balaban J connectivity index is 1.78. The number of nitrogens with one attached hydrogen (secondary N) is 1. The van der Waals surface area contributed by atoms with Crippen LogP contribution in [-0.2, 0) is 4.74 Å². The van der Waals surface area contributed by atoms with Crippen LogP contribution in [0.15, 0.2) is 0 Å². The molecule has 0 radical (unpaired) electrons. The van der Waals surface area contributed by atoms with Gasteiger partial charge in [-0.05, 0) is 45.7 Å². The molecule has 0 saturated carbocycles. The molecule has 4 heteroatoms. The topological polar surface area (TPSA) is 62.3 Å². The van der Waals surface area contributed by atoms with E-state index in [4.69, 9.17) is 15.9 Å². The third-order valence-electron chi connectivity index (χ3n) is 4.39. The Morgan fingerprint density at radius 3 is 2.53 bits per heavy atom. The van der Waals surface area contributed by atoms with Crippen LogP contribution in [0.25, 0.3) is 0 Å². The highest BCUT2D eigenvalue weighted by Gasteiger charge is 2.34. The van der Waals surface area contributed by atoms with Crippen molar-refractivity contribution < 1.29 is 4.74 Å². The maximum absolute atomic E-state index is 7.64. The molecule has 98 valence electrons. The third kappa shape index (κ3) is 2.99. The van der Waals surface area contributed by atoms with Gasteiger partial charge in [-0.3, -0.25) is 5.41 Å². The molecule has 4 nitrogen and oxygen atoms in total. The lowest BCUT2D eigenvalue weighted by Crippen LogP contribution is -2.47. The molecule has 2 unspecified atom stereocenters. The molecule has 0 aromatic rings. The molecule has 0 spiro atoms. The van der Waals surface area contributed by atoms with Gasteiger partial charge in [-0.1, -0.05) is 6.92 Å². The summed E-state index contributed by atoms with van der Waals surface area (Å²) in [4.78, 5) is 2.47. The van der Waals surface area contributed by atoms with E-state index >= 15 is 0 Å². The molecular weight excluding hydrogens is 214 g/mol. The Morgan fingerprint density at radius 2 is 2.06 bits per heavy atom. The van der Waals surface area contributed by atoms with Crippen molar-refractivity contribution in [2.24, 2.45) is 11.1 Å². The van der Waals surface area contributed by atoms with Gasteiger partial charge in [0.1, 0.15) is 0 Å². The highest BCUT2D eigenvalue weighted by molar-refractivity contribution is 5.83. The summed E-state index contributed by atoms with van der Waals surface area (Å²) in [5, 5.41) is 7.64. The molecule has 0 amide bonds. The fraction of sp³-hybridized carbons (Fsp3) is 0.923. The van der Waals surface area contributed by atoms with E-state index in [2.05, 4.69) is 18.7 Å². The van der Waals surface area contributed by atoms with Gasteiger partial charge in [0.15, 0.2) is 0 Å². The Bertz CT molecular complexity index is 284. The third-order valence-corrected chi connectivity index (χ3v) is 4.39. The monoisotopic (exact) mass is 239 g/mol. The molecule has 2 atom stereocenters. The van der Waals surface area contributed by atoms with Crippen LogP contribution in [0.4, 0.5) is 0 Å². The van der Waals surface area contributed by atoms with E-state index in [0.717, 1.165) is 32.5 Å². The minimum atomic E-state index is -0.0691. The quantitative estimate of drug-likeness (QED) is 0.581. The first-order valence-electron chi connectivity index (χ1n) is 6.72. The van der Waals surface area contributed by atoms with Crippen molar-refractivity contribution in [3.05, 3.63) is 0 Å². The molecular formula is C13H25N3O. The molecule has 2 rings (SSSR count). The first-order chi connectivity index (χ1) is 7.99. The van der Waals surface area contributed by atoms with Gasteiger partial charge in [0.05, 0.1) is 18.0 Å². The summed E-state index contributed by atoms with van der Waals surface area (Å²) in [5.41, 5.74) is 5.60. The molecule has 0 aromatic heterocycles. The van der Waals surface area contributed by atoms with Crippen LogP contribution >= 0.6 is 0 Å². The maximum atomic E-state index is 7.64. The van der Waals surface area contributed by atoms with Crippen LogP contribution in [0.2, 0.25) is 0 Å². The van der Waals surface area contributed by atoms with Crippen LogP contribution < -0.4 is 5.73 Å². The lowest BCUT2D eigenvalue weighted by molar-refractivity contribution is 0.0215. The van der Waals surface area contributed by atoms with Crippen LogP contribution in [0, 0.1) is 10.8 Å². The molecule has 2 heterocycles. The average molecular weight is 239 g/mol. The first-order valence-corrected chi connectivity index (χ1v) is 6.72. The van der Waals surface area contributed by atoms with E-state index < -0.39 is 0 Å². The zero-order valence-corrected chi connectivity index (χ0v) is 11.0. The van der Waals surface area contributed by atoms with Gasteiger partial charge in [-0.25, -0.2) is 0 Å². The van der Waals surface area contributed by atoms with Crippen LogP contribution in [0.3, 0.4) is 0 Å². The number of amidine groups is 1. The van der Waals surface area contributed by atoms with Crippen LogP contribution in [-0.4, -0.2) is 42.6 Å².